The second-order valence-corrected chi connectivity index (χ2v) is 4.55. The van der Waals surface area contributed by atoms with E-state index in [1.807, 2.05) is 0 Å². The lowest BCUT2D eigenvalue weighted by Gasteiger charge is -2.11. The lowest BCUT2D eigenvalue weighted by Crippen LogP contribution is -2.12. The Morgan fingerprint density at radius 1 is 1.09 bits per heavy atom. The molecule has 7 nitrogen and oxygen atoms in total. The SMILES string of the molecule is Cc1c(C(=O)O)cc(-c2ccccc2)c([N+](=O)[O-])c1C(=O)O. The van der Waals surface area contributed by atoms with Gasteiger partial charge in [0.1, 0.15) is 5.56 Å². The maximum Gasteiger partial charge on any atom is 0.343 e. The number of nitro groups is 1. The van der Waals surface area contributed by atoms with Crippen LogP contribution in [0.1, 0.15) is 26.3 Å². The van der Waals surface area contributed by atoms with E-state index >= 15 is 0 Å². The molecule has 0 atom stereocenters. The molecule has 0 aliphatic heterocycles. The summed E-state index contributed by atoms with van der Waals surface area (Å²) in [7, 11) is 0. The Morgan fingerprint density at radius 2 is 1.68 bits per heavy atom. The van der Waals surface area contributed by atoms with Gasteiger partial charge in [0.25, 0.3) is 5.69 Å². The van der Waals surface area contributed by atoms with E-state index in [9.17, 15) is 29.9 Å². The zero-order valence-corrected chi connectivity index (χ0v) is 11.4. The van der Waals surface area contributed by atoms with Crippen molar-refractivity contribution in [3.63, 3.8) is 0 Å². The number of benzene rings is 2. The maximum absolute atomic E-state index is 11.4. The van der Waals surface area contributed by atoms with Gasteiger partial charge in [-0.15, -0.1) is 0 Å². The van der Waals surface area contributed by atoms with Crippen molar-refractivity contribution in [2.75, 3.05) is 0 Å². The number of nitro benzene ring substituents is 1. The molecule has 0 radical (unpaired) electrons. The lowest BCUT2D eigenvalue weighted by molar-refractivity contribution is -0.384. The molecule has 2 rings (SSSR count). The third-order valence-electron chi connectivity index (χ3n) is 3.27. The molecule has 7 heteroatoms. The molecule has 0 saturated carbocycles. The number of carboxylic acids is 2. The van der Waals surface area contributed by atoms with Crippen molar-refractivity contribution >= 4 is 17.6 Å². The largest absolute Gasteiger partial charge is 0.478 e. The van der Waals surface area contributed by atoms with Gasteiger partial charge in [-0.25, -0.2) is 9.59 Å². The molecular formula is C15H11NO6. The van der Waals surface area contributed by atoms with E-state index in [1.54, 1.807) is 30.3 Å². The maximum atomic E-state index is 11.4. The van der Waals surface area contributed by atoms with Crippen molar-refractivity contribution in [3.05, 3.63) is 63.2 Å². The summed E-state index contributed by atoms with van der Waals surface area (Å²) in [6.07, 6.45) is 0. The molecule has 2 aromatic rings. The first kappa shape index (κ1) is 15.2. The van der Waals surface area contributed by atoms with Gasteiger partial charge in [0.15, 0.2) is 0 Å². The van der Waals surface area contributed by atoms with E-state index in [0.717, 1.165) is 6.07 Å². The predicted octanol–water partition coefficient (Wildman–Crippen LogP) is 2.97. The Balaban J connectivity index is 2.96. The van der Waals surface area contributed by atoms with Crippen molar-refractivity contribution in [1.29, 1.82) is 0 Å². The average Bonchev–Trinajstić information content (AvgIpc) is 2.46. The van der Waals surface area contributed by atoms with Gasteiger partial charge in [0.05, 0.1) is 16.1 Å². The first-order chi connectivity index (χ1) is 10.3. The van der Waals surface area contributed by atoms with Gasteiger partial charge in [-0.05, 0) is 24.1 Å². The van der Waals surface area contributed by atoms with Crippen molar-refractivity contribution in [3.8, 4) is 11.1 Å². The molecule has 0 bridgehead atoms. The minimum absolute atomic E-state index is 0.0361. The topological polar surface area (TPSA) is 118 Å². The normalized spacial score (nSPS) is 10.2. The number of aromatic carboxylic acids is 2. The Hall–Kier alpha value is -3.22. The molecule has 0 aliphatic carbocycles. The highest BCUT2D eigenvalue weighted by Gasteiger charge is 2.31. The molecule has 22 heavy (non-hydrogen) atoms. The van der Waals surface area contributed by atoms with Gasteiger partial charge in [-0.2, -0.15) is 0 Å². The van der Waals surface area contributed by atoms with E-state index < -0.39 is 28.1 Å². The first-order valence-electron chi connectivity index (χ1n) is 6.18. The summed E-state index contributed by atoms with van der Waals surface area (Å²) in [4.78, 5) is 33.3. The van der Waals surface area contributed by atoms with Crippen LogP contribution in [0.2, 0.25) is 0 Å². The molecule has 0 aliphatic rings. The number of hydrogen-bond acceptors (Lipinski definition) is 4. The number of rotatable bonds is 4. The molecule has 112 valence electrons. The zero-order valence-electron chi connectivity index (χ0n) is 11.4. The molecule has 2 aromatic carbocycles. The van der Waals surface area contributed by atoms with Gasteiger partial charge >= 0.3 is 11.9 Å². The highest BCUT2D eigenvalue weighted by molar-refractivity contribution is 6.03. The third kappa shape index (κ3) is 2.51. The molecular weight excluding hydrogens is 290 g/mol. The van der Waals surface area contributed by atoms with Crippen LogP contribution in [0.15, 0.2) is 36.4 Å². The van der Waals surface area contributed by atoms with E-state index in [2.05, 4.69) is 0 Å². The summed E-state index contributed by atoms with van der Waals surface area (Å²) in [5.74, 6) is -2.88. The molecule has 0 heterocycles. The fourth-order valence-corrected chi connectivity index (χ4v) is 2.28. The average molecular weight is 301 g/mol. The van der Waals surface area contributed by atoms with E-state index in [0.29, 0.717) is 5.56 Å². The van der Waals surface area contributed by atoms with Crippen LogP contribution in [-0.2, 0) is 0 Å². The zero-order chi connectivity index (χ0) is 16.4. The fraction of sp³-hybridized carbons (Fsp3) is 0.0667. The van der Waals surface area contributed by atoms with Gasteiger partial charge < -0.3 is 10.2 Å². The summed E-state index contributed by atoms with van der Waals surface area (Å²) >= 11 is 0. The molecule has 0 fully saturated rings. The van der Waals surface area contributed by atoms with Gasteiger partial charge in [0, 0.05) is 0 Å². The quantitative estimate of drug-likeness (QED) is 0.662. The lowest BCUT2D eigenvalue weighted by atomic mass is 9.92. The second-order valence-electron chi connectivity index (χ2n) is 4.55. The monoisotopic (exact) mass is 301 g/mol. The molecule has 0 amide bonds. The molecule has 2 N–H and O–H groups in total. The highest BCUT2D eigenvalue weighted by atomic mass is 16.6. The van der Waals surface area contributed by atoms with Crippen molar-refractivity contribution in [1.82, 2.24) is 0 Å². The summed E-state index contributed by atoms with van der Waals surface area (Å²) in [6.45, 7) is 1.24. The van der Waals surface area contributed by atoms with E-state index in [-0.39, 0.29) is 16.7 Å². The van der Waals surface area contributed by atoms with Crippen LogP contribution in [0.4, 0.5) is 5.69 Å². The summed E-state index contributed by atoms with van der Waals surface area (Å²) in [5.41, 5.74) is -1.30. The van der Waals surface area contributed by atoms with Crippen LogP contribution >= 0.6 is 0 Å². The first-order valence-corrected chi connectivity index (χ1v) is 6.18. The van der Waals surface area contributed by atoms with E-state index in [4.69, 9.17) is 0 Å². The summed E-state index contributed by atoms with van der Waals surface area (Å²) in [5, 5.41) is 29.8. The van der Waals surface area contributed by atoms with Crippen LogP contribution in [0.5, 0.6) is 0 Å². The molecule has 0 spiro atoms. The molecule has 0 unspecified atom stereocenters. The van der Waals surface area contributed by atoms with E-state index in [1.165, 1.54) is 6.92 Å². The second kappa shape index (κ2) is 5.65. The van der Waals surface area contributed by atoms with Gasteiger partial charge in [0.2, 0.25) is 0 Å². The van der Waals surface area contributed by atoms with Gasteiger partial charge in [-0.1, -0.05) is 30.3 Å². The number of nitrogens with zero attached hydrogens (tertiary/aromatic N) is 1. The fourth-order valence-electron chi connectivity index (χ4n) is 2.28. The van der Waals surface area contributed by atoms with Crippen LogP contribution in [0, 0.1) is 17.0 Å². The summed E-state index contributed by atoms with van der Waals surface area (Å²) < 4.78 is 0. The Bertz CT molecular complexity index is 782. The third-order valence-corrected chi connectivity index (χ3v) is 3.27. The van der Waals surface area contributed by atoms with Crippen LogP contribution in [-0.4, -0.2) is 27.1 Å². The van der Waals surface area contributed by atoms with Crippen molar-refractivity contribution < 1.29 is 24.7 Å². The smallest absolute Gasteiger partial charge is 0.343 e. The number of hydrogen-bond donors (Lipinski definition) is 2. The van der Waals surface area contributed by atoms with Gasteiger partial charge in [-0.3, -0.25) is 10.1 Å². The highest BCUT2D eigenvalue weighted by Crippen LogP contribution is 2.36. The van der Waals surface area contributed by atoms with Crippen molar-refractivity contribution in [2.24, 2.45) is 0 Å². The van der Waals surface area contributed by atoms with Crippen LogP contribution in [0.3, 0.4) is 0 Å². The Morgan fingerprint density at radius 3 is 2.14 bits per heavy atom. The predicted molar refractivity (Wildman–Crippen MR) is 77.2 cm³/mol. The van der Waals surface area contributed by atoms with Crippen LogP contribution < -0.4 is 0 Å². The Kier molecular flexibility index (Phi) is 3.89. The van der Waals surface area contributed by atoms with Crippen molar-refractivity contribution in [2.45, 2.75) is 6.92 Å². The number of carbonyl (C=O) groups is 2. The minimum Gasteiger partial charge on any atom is -0.478 e. The summed E-state index contributed by atoms with van der Waals surface area (Å²) in [6, 6.07) is 9.18. The molecule has 0 saturated heterocycles. The minimum atomic E-state index is -1.54. The standard InChI is InChI=1S/C15H11NO6/c1-8-10(14(17)18)7-11(9-5-3-2-4-6-9)13(16(21)22)12(8)15(19)20/h2-7H,1H3,(H,17,18)(H,19,20). The molecule has 0 aromatic heterocycles. The number of carboxylic acid groups (broad SMARTS) is 2. The Labute approximate surface area is 124 Å². The van der Waals surface area contributed by atoms with Crippen LogP contribution in [0.25, 0.3) is 11.1 Å².